The van der Waals surface area contributed by atoms with E-state index in [1.165, 1.54) is 69.0 Å². The molecule has 0 aliphatic heterocycles. The van der Waals surface area contributed by atoms with Gasteiger partial charge in [-0.2, -0.15) is 0 Å². The van der Waals surface area contributed by atoms with Gasteiger partial charge in [0.05, 0.1) is 5.76 Å². The summed E-state index contributed by atoms with van der Waals surface area (Å²) in [6.45, 7) is 17.2. The summed E-state index contributed by atoms with van der Waals surface area (Å²) in [6.07, 6.45) is 12.2. The van der Waals surface area contributed by atoms with Gasteiger partial charge < -0.3 is 10.1 Å². The molecule has 3 nitrogen and oxygen atoms in total. The molecule has 1 aliphatic carbocycles. The van der Waals surface area contributed by atoms with E-state index in [-0.39, 0.29) is 43.5 Å². The Balaban J connectivity index is 0.000000290. The number of benzene rings is 3. The summed E-state index contributed by atoms with van der Waals surface area (Å²) in [5.74, 6) is 1.27. The maximum atomic E-state index is 11.7. The molecule has 0 amide bonds. The predicted molar refractivity (Wildman–Crippen MR) is 207 cm³/mol. The van der Waals surface area contributed by atoms with E-state index in [1.54, 1.807) is 4.88 Å². The Morgan fingerprint density at radius 3 is 2.10 bits per heavy atom. The second kappa shape index (κ2) is 16.9. The summed E-state index contributed by atoms with van der Waals surface area (Å²) < 4.78 is 1.42. The standard InChI is InChI=1S/C31H30NS.C13H24O2.Ir/c1-19-15-20(2)17-22(16-19)30-26-6-5-24-23(25(26)11-14-32-30)7-8-28-27(24)18-29(33-28)21-9-12-31(3,4)13-10-21;1-5-10(6-2)12(14)9-13(15)11(7-3)8-4;/h5-8,11,14-16,18,21H,9-10,12-13H2,1-4H3;9-11,14H,5-8H2,1-4H3;/q-1;;/b;12-9-;. The quantitative estimate of drug-likeness (QED) is 0.0695. The van der Waals surface area contributed by atoms with Crippen LogP contribution in [-0.2, 0) is 24.9 Å². The van der Waals surface area contributed by atoms with Crippen molar-refractivity contribution >= 4 is 48.8 Å². The van der Waals surface area contributed by atoms with Crippen molar-refractivity contribution in [1.82, 2.24) is 4.98 Å². The van der Waals surface area contributed by atoms with E-state index in [2.05, 4.69) is 82.3 Å². The van der Waals surface area contributed by atoms with Crippen molar-refractivity contribution in [3.63, 3.8) is 0 Å². The maximum absolute atomic E-state index is 11.7. The molecule has 49 heavy (non-hydrogen) atoms. The van der Waals surface area contributed by atoms with Gasteiger partial charge in [-0.25, -0.2) is 0 Å². The average molecular weight is 853 g/mol. The summed E-state index contributed by atoms with van der Waals surface area (Å²) >= 11 is 2.01. The smallest absolute Gasteiger partial charge is 0.162 e. The minimum Gasteiger partial charge on any atom is -0.512 e. The Labute approximate surface area is 312 Å². The van der Waals surface area contributed by atoms with Crippen LogP contribution in [0.2, 0.25) is 0 Å². The van der Waals surface area contributed by atoms with E-state index in [4.69, 9.17) is 4.98 Å². The van der Waals surface area contributed by atoms with Crippen LogP contribution in [0.4, 0.5) is 0 Å². The van der Waals surface area contributed by atoms with E-state index in [9.17, 15) is 9.90 Å². The van der Waals surface area contributed by atoms with Gasteiger partial charge in [0.15, 0.2) is 5.78 Å². The zero-order valence-corrected chi connectivity index (χ0v) is 33.9. The van der Waals surface area contributed by atoms with Gasteiger partial charge in [-0.1, -0.05) is 73.6 Å². The summed E-state index contributed by atoms with van der Waals surface area (Å²) in [5.41, 5.74) is 5.02. The van der Waals surface area contributed by atoms with Crippen LogP contribution < -0.4 is 0 Å². The number of hydrogen-bond acceptors (Lipinski definition) is 4. The van der Waals surface area contributed by atoms with Gasteiger partial charge in [0.1, 0.15) is 0 Å². The molecule has 1 aliphatic rings. The number of rotatable bonds is 9. The first-order chi connectivity index (χ1) is 23.0. The van der Waals surface area contributed by atoms with Crippen molar-refractivity contribution in [1.29, 1.82) is 0 Å². The largest absolute Gasteiger partial charge is 0.512 e. The number of nitrogens with zero attached hydrogens (tertiary/aromatic N) is 1. The second-order valence-electron chi connectivity index (χ2n) is 14.7. The Hall–Kier alpha value is -2.85. The molecule has 263 valence electrons. The molecule has 1 radical (unpaired) electrons. The fourth-order valence-corrected chi connectivity index (χ4v) is 8.76. The fourth-order valence-electron chi connectivity index (χ4n) is 7.51. The number of allylic oxidation sites excluding steroid dienone is 2. The van der Waals surface area contributed by atoms with Crippen LogP contribution in [0.15, 0.2) is 66.6 Å². The van der Waals surface area contributed by atoms with E-state index in [1.807, 2.05) is 45.2 Å². The van der Waals surface area contributed by atoms with Gasteiger partial charge in [-0.15, -0.1) is 46.2 Å². The van der Waals surface area contributed by atoms with Crippen molar-refractivity contribution in [3.8, 4) is 11.3 Å². The summed E-state index contributed by atoms with van der Waals surface area (Å²) in [4.78, 5) is 18.1. The first kappa shape index (κ1) is 38.9. The summed E-state index contributed by atoms with van der Waals surface area (Å²) in [5, 5.41) is 16.3. The molecule has 1 N–H and O–H groups in total. The van der Waals surface area contributed by atoms with Crippen LogP contribution >= 0.6 is 11.3 Å². The number of pyridine rings is 1. The van der Waals surface area contributed by atoms with Crippen LogP contribution in [0.25, 0.3) is 42.9 Å². The number of thiophene rings is 1. The van der Waals surface area contributed by atoms with Crippen molar-refractivity contribution in [2.75, 3.05) is 0 Å². The third-order valence-electron chi connectivity index (χ3n) is 10.7. The van der Waals surface area contributed by atoms with E-state index in [0.717, 1.165) is 48.4 Å². The van der Waals surface area contributed by atoms with Crippen molar-refractivity contribution in [3.05, 3.63) is 88.6 Å². The molecular weight excluding hydrogens is 799 g/mol. The maximum Gasteiger partial charge on any atom is 0.162 e. The summed E-state index contributed by atoms with van der Waals surface area (Å²) in [7, 11) is 0. The Morgan fingerprint density at radius 2 is 1.47 bits per heavy atom. The molecular formula is C44H54IrNO2S-. The topological polar surface area (TPSA) is 50.2 Å². The van der Waals surface area contributed by atoms with Crippen molar-refractivity contribution < 1.29 is 30.0 Å². The minimum absolute atomic E-state index is 0. The third-order valence-corrected chi connectivity index (χ3v) is 11.9. The molecule has 1 fully saturated rings. The van der Waals surface area contributed by atoms with E-state index in [0.29, 0.717) is 5.41 Å². The van der Waals surface area contributed by atoms with Crippen LogP contribution in [0.3, 0.4) is 0 Å². The molecule has 3 aromatic carbocycles. The van der Waals surface area contributed by atoms with Crippen LogP contribution in [0.5, 0.6) is 0 Å². The number of aryl methyl sites for hydroxylation is 2. The fraction of sp³-hybridized carbons (Fsp3) is 0.455. The number of carbonyl (C=O) groups excluding carboxylic acids is 1. The second-order valence-corrected chi connectivity index (χ2v) is 15.8. The molecule has 0 unspecified atom stereocenters. The van der Waals surface area contributed by atoms with Crippen molar-refractivity contribution in [2.24, 2.45) is 17.3 Å². The molecule has 0 saturated heterocycles. The third kappa shape index (κ3) is 8.91. The summed E-state index contributed by atoms with van der Waals surface area (Å²) in [6, 6.07) is 21.8. The number of aromatic nitrogens is 1. The van der Waals surface area contributed by atoms with E-state index < -0.39 is 0 Å². The number of aliphatic hydroxyl groups excluding tert-OH is 1. The van der Waals surface area contributed by atoms with Crippen LogP contribution in [-0.4, -0.2) is 15.9 Å². The molecule has 0 bridgehead atoms. The first-order valence-electron chi connectivity index (χ1n) is 18.2. The predicted octanol–water partition coefficient (Wildman–Crippen LogP) is 13.2. The molecule has 6 rings (SSSR count). The number of carbonyl (C=O) groups is 1. The van der Waals surface area contributed by atoms with Crippen molar-refractivity contribution in [2.45, 2.75) is 113 Å². The SMILES string of the molecule is CCC(CC)C(=O)/C=C(\O)C(CC)CC.Cc1[c-]c(-c2nccc3c2ccc2c4cc(C5CCC(C)(C)CC5)sc4ccc32)cc(C)c1.[Ir]. The van der Waals surface area contributed by atoms with Gasteiger partial charge >= 0.3 is 0 Å². The molecule has 1 saturated carbocycles. The minimum atomic E-state index is 0. The molecule has 2 aromatic heterocycles. The van der Waals surface area contributed by atoms with Gasteiger partial charge in [-0.3, -0.25) is 4.79 Å². The van der Waals surface area contributed by atoms with Gasteiger partial charge in [0.25, 0.3) is 0 Å². The molecule has 5 aromatic rings. The molecule has 0 spiro atoms. The van der Waals surface area contributed by atoms with Gasteiger partial charge in [-0.05, 0) is 108 Å². The normalized spacial score (nSPS) is 15.1. The Bertz CT molecular complexity index is 1900. The zero-order chi connectivity index (χ0) is 34.6. The van der Waals surface area contributed by atoms with Gasteiger partial charge in [0, 0.05) is 59.2 Å². The number of fused-ring (bicyclic) bond motifs is 5. The first-order valence-corrected chi connectivity index (χ1v) is 19.0. The van der Waals surface area contributed by atoms with Crippen LogP contribution in [0.1, 0.15) is 115 Å². The Morgan fingerprint density at radius 1 is 0.878 bits per heavy atom. The molecule has 2 heterocycles. The van der Waals surface area contributed by atoms with E-state index >= 15 is 0 Å². The average Bonchev–Trinajstić information content (AvgIpc) is 3.50. The monoisotopic (exact) mass is 853 g/mol. The Kier molecular flexibility index (Phi) is 13.4. The molecule has 0 atom stereocenters. The number of aliphatic hydroxyl groups is 1. The zero-order valence-electron chi connectivity index (χ0n) is 30.7. The number of hydrogen-bond donors (Lipinski definition) is 1. The van der Waals surface area contributed by atoms with Gasteiger partial charge in [0.2, 0.25) is 0 Å². The number of ketones is 1. The van der Waals surface area contributed by atoms with Crippen LogP contribution in [0, 0.1) is 37.2 Å². The molecule has 5 heteroatoms.